The number of benzene rings is 1. The van der Waals surface area contributed by atoms with Crippen molar-refractivity contribution in [3.63, 3.8) is 0 Å². The number of unbranched alkanes of at least 4 members (excludes halogenated alkanes) is 7. The molecule has 4 rings (SSSR count). The second-order valence-corrected chi connectivity index (χ2v) is 10.8. The maximum Gasteiger partial charge on any atom is 0.677 e. The molecule has 0 saturated heterocycles. The molecule has 0 bridgehead atoms. The van der Waals surface area contributed by atoms with Gasteiger partial charge in [-0.25, -0.2) is 4.98 Å². The van der Waals surface area contributed by atoms with Gasteiger partial charge < -0.3 is 13.8 Å². The van der Waals surface area contributed by atoms with Crippen molar-refractivity contribution in [1.29, 1.82) is 0 Å². The van der Waals surface area contributed by atoms with Gasteiger partial charge in [0.1, 0.15) is 5.75 Å². The molecule has 0 spiro atoms. The van der Waals surface area contributed by atoms with Crippen LogP contribution in [0.3, 0.4) is 0 Å². The van der Waals surface area contributed by atoms with E-state index in [0.717, 1.165) is 63.3 Å². The molecule has 0 fully saturated rings. The molecular formula is C32H41BF2N4O. The van der Waals surface area contributed by atoms with Crippen molar-refractivity contribution in [3.05, 3.63) is 88.9 Å². The maximum atomic E-state index is 14.1. The zero-order valence-electron chi connectivity index (χ0n) is 24.3. The van der Waals surface area contributed by atoms with Crippen LogP contribution in [0, 0.1) is 13.8 Å². The largest absolute Gasteiger partial charge is 0.677 e. The van der Waals surface area contributed by atoms with Gasteiger partial charge in [-0.15, -0.1) is 0 Å². The van der Waals surface area contributed by atoms with Crippen LogP contribution in [0.2, 0.25) is 0 Å². The van der Waals surface area contributed by atoms with Crippen LogP contribution in [-0.2, 0) is 6.54 Å². The lowest BCUT2D eigenvalue weighted by molar-refractivity contribution is 0.304. The zero-order chi connectivity index (χ0) is 28.5. The van der Waals surface area contributed by atoms with Crippen LogP contribution in [0.25, 0.3) is 5.57 Å². The number of hydrogen-bond acceptors (Lipinski definition) is 3. The lowest BCUT2D eigenvalue weighted by Gasteiger charge is -2.17. The first-order chi connectivity index (χ1) is 19.3. The summed E-state index contributed by atoms with van der Waals surface area (Å²) in [5.41, 5.74) is 6.02. The van der Waals surface area contributed by atoms with Gasteiger partial charge in [0, 0.05) is 41.6 Å². The van der Waals surface area contributed by atoms with Gasteiger partial charge in [0.05, 0.1) is 18.6 Å². The van der Waals surface area contributed by atoms with Gasteiger partial charge >= 0.3 is 7.40 Å². The van der Waals surface area contributed by atoms with E-state index in [-0.39, 0.29) is 0 Å². The molecule has 3 heterocycles. The predicted molar refractivity (Wildman–Crippen MR) is 161 cm³/mol. The first kappa shape index (κ1) is 29.6. The molecule has 1 aliphatic heterocycles. The molecule has 0 amide bonds. The van der Waals surface area contributed by atoms with Crippen LogP contribution < -0.4 is 4.74 Å². The van der Waals surface area contributed by atoms with Crippen molar-refractivity contribution in [1.82, 2.24) is 14.0 Å². The average Bonchev–Trinajstić information content (AvgIpc) is 3.63. The smallest absolute Gasteiger partial charge is 0.494 e. The van der Waals surface area contributed by atoms with Gasteiger partial charge in [0.2, 0.25) is 0 Å². The Labute approximate surface area is 237 Å². The lowest BCUT2D eigenvalue weighted by atomic mass is 9.94. The van der Waals surface area contributed by atoms with Gasteiger partial charge in [0.25, 0.3) is 0 Å². The summed E-state index contributed by atoms with van der Waals surface area (Å²) in [5, 5.41) is 0. The summed E-state index contributed by atoms with van der Waals surface area (Å²) in [5.74, 6) is 0.793. The Kier molecular flexibility index (Phi) is 10.6. The van der Waals surface area contributed by atoms with Crippen LogP contribution in [0.5, 0.6) is 5.75 Å². The second-order valence-electron chi connectivity index (χ2n) is 10.8. The number of aromatic nitrogens is 3. The highest BCUT2D eigenvalue weighted by Gasteiger charge is 2.29. The number of hydrogen-bond donors (Lipinski definition) is 0. The molecule has 0 N–H and O–H groups in total. The molecule has 0 aliphatic carbocycles. The Morgan fingerprint density at radius 1 is 0.900 bits per heavy atom. The Balaban J connectivity index is 1.28. The van der Waals surface area contributed by atoms with Crippen molar-refractivity contribution in [2.45, 2.75) is 85.6 Å². The molecule has 40 heavy (non-hydrogen) atoms. The minimum Gasteiger partial charge on any atom is -0.494 e. The van der Waals surface area contributed by atoms with Crippen LogP contribution in [0.4, 0.5) is 8.63 Å². The van der Waals surface area contributed by atoms with E-state index >= 15 is 0 Å². The molecule has 5 nitrogen and oxygen atoms in total. The highest BCUT2D eigenvalue weighted by Crippen LogP contribution is 2.37. The summed E-state index contributed by atoms with van der Waals surface area (Å²) in [6, 6.07) is 9.59. The summed E-state index contributed by atoms with van der Waals surface area (Å²) in [4.78, 5) is 8.80. The molecule has 3 aromatic rings. The normalized spacial score (nSPS) is 14.3. The summed E-state index contributed by atoms with van der Waals surface area (Å²) in [6.07, 6.45) is 17.5. The molecule has 1 aliphatic rings. The second kappa shape index (κ2) is 14.3. The average molecular weight is 547 g/mol. The zero-order valence-corrected chi connectivity index (χ0v) is 24.3. The van der Waals surface area contributed by atoms with Crippen molar-refractivity contribution < 1.29 is 13.4 Å². The summed E-state index contributed by atoms with van der Waals surface area (Å²) in [7, 11) is -2.63. The highest BCUT2D eigenvalue weighted by molar-refractivity contribution is 6.41. The van der Waals surface area contributed by atoms with Gasteiger partial charge in [-0.3, -0.25) is 13.6 Å². The fourth-order valence-corrected chi connectivity index (χ4v) is 5.49. The van der Waals surface area contributed by atoms with Crippen molar-refractivity contribution in [2.75, 3.05) is 6.61 Å². The molecule has 212 valence electrons. The van der Waals surface area contributed by atoms with Crippen molar-refractivity contribution >= 4 is 18.7 Å². The standard InChI is InChI=1S/C32H41BF2N4O/c1-24-21-26(3)37-31(24)30(32-25(2)22-27(4)39(32)33(34)35)28-13-15-29(16-14-28)40-20-12-10-8-6-5-7-9-11-18-38-19-17-36-23-38/h13-17,19,21-23H,5-12,18,20H2,1-4H3/b31-30-. The van der Waals surface area contributed by atoms with E-state index in [1.165, 1.54) is 38.5 Å². The topological polar surface area (TPSA) is 44.3 Å². The van der Waals surface area contributed by atoms with E-state index in [0.29, 0.717) is 18.0 Å². The fourth-order valence-electron chi connectivity index (χ4n) is 5.49. The molecular weight excluding hydrogens is 505 g/mol. The summed E-state index contributed by atoms with van der Waals surface area (Å²) in [6.45, 7) is 9.25. The third kappa shape index (κ3) is 7.61. The molecule has 0 saturated carbocycles. The maximum absolute atomic E-state index is 14.1. The first-order valence-electron chi connectivity index (χ1n) is 14.5. The number of allylic oxidation sites excluding steroid dienone is 2. The number of imidazole rings is 1. The van der Waals surface area contributed by atoms with Crippen molar-refractivity contribution in [3.8, 4) is 5.75 Å². The number of ether oxygens (including phenoxy) is 1. The van der Waals surface area contributed by atoms with E-state index in [1.54, 1.807) is 6.92 Å². The molecule has 0 atom stereocenters. The van der Waals surface area contributed by atoms with E-state index in [4.69, 9.17) is 9.73 Å². The Morgan fingerprint density at radius 2 is 1.57 bits per heavy atom. The number of aryl methyl sites for hydroxylation is 3. The van der Waals surface area contributed by atoms with Gasteiger partial charge in [-0.1, -0.05) is 50.7 Å². The lowest BCUT2D eigenvalue weighted by Crippen LogP contribution is -2.18. The SMILES string of the molecule is CC1=CC(C)=N/C1=C(/c1ccc(OCCCCCCCCCCn2ccnc2)cc1)c1c(C)cc(C)n1B(F)F. The van der Waals surface area contributed by atoms with Crippen LogP contribution >= 0.6 is 0 Å². The van der Waals surface area contributed by atoms with Gasteiger partial charge in [0.15, 0.2) is 0 Å². The molecule has 2 aromatic heterocycles. The summed E-state index contributed by atoms with van der Waals surface area (Å²) < 4.78 is 37.5. The quantitative estimate of drug-likeness (QED) is 0.142. The van der Waals surface area contributed by atoms with Crippen LogP contribution in [-0.4, -0.2) is 33.7 Å². The third-order valence-corrected chi connectivity index (χ3v) is 7.46. The predicted octanol–water partition coefficient (Wildman–Crippen LogP) is 8.45. The van der Waals surface area contributed by atoms with Crippen molar-refractivity contribution in [2.24, 2.45) is 4.99 Å². The Morgan fingerprint density at radius 3 is 2.17 bits per heavy atom. The number of halogens is 2. The number of rotatable bonds is 15. The first-order valence-corrected chi connectivity index (χ1v) is 14.5. The summed E-state index contributed by atoms with van der Waals surface area (Å²) >= 11 is 0. The molecule has 0 radical (unpaired) electrons. The number of nitrogens with zero attached hydrogens (tertiary/aromatic N) is 4. The van der Waals surface area contributed by atoms with Gasteiger partial charge in [-0.2, -0.15) is 0 Å². The molecule has 8 heteroatoms. The highest BCUT2D eigenvalue weighted by atomic mass is 19.2. The number of aliphatic imine (C=N–C) groups is 1. The Hall–Kier alpha value is -3.42. The molecule has 0 unspecified atom stereocenters. The van der Waals surface area contributed by atoms with Crippen LogP contribution in [0.15, 0.2) is 71.4 Å². The van der Waals surface area contributed by atoms with Gasteiger partial charge in [-0.05, 0) is 81.5 Å². The minimum absolute atomic E-state index is 0.514. The van der Waals surface area contributed by atoms with Crippen LogP contribution in [0.1, 0.15) is 87.7 Å². The minimum atomic E-state index is -2.63. The Bertz CT molecular complexity index is 1340. The van der Waals surface area contributed by atoms with E-state index in [9.17, 15) is 8.63 Å². The van der Waals surface area contributed by atoms with E-state index in [1.807, 2.05) is 75.9 Å². The van der Waals surface area contributed by atoms with E-state index in [2.05, 4.69) is 9.55 Å². The third-order valence-electron chi connectivity index (χ3n) is 7.46. The van der Waals surface area contributed by atoms with E-state index < -0.39 is 7.40 Å². The molecule has 1 aromatic carbocycles. The monoisotopic (exact) mass is 546 g/mol. The fraction of sp³-hybridized carbons (Fsp3) is 0.438.